The zero-order chi connectivity index (χ0) is 24.1. The first kappa shape index (κ1) is 24.5. The van der Waals surface area contributed by atoms with Gasteiger partial charge in [0.2, 0.25) is 0 Å². The zero-order valence-corrected chi connectivity index (χ0v) is 19.7. The monoisotopic (exact) mass is 453 g/mol. The van der Waals surface area contributed by atoms with Crippen molar-refractivity contribution in [2.75, 3.05) is 13.2 Å². The van der Waals surface area contributed by atoms with Crippen LogP contribution in [0.5, 0.6) is 5.75 Å². The molecule has 0 bridgehead atoms. The largest absolute Gasteiger partial charge is 0.507 e. The molecule has 1 unspecified atom stereocenters. The van der Waals surface area contributed by atoms with Gasteiger partial charge in [-0.2, -0.15) is 0 Å². The summed E-state index contributed by atoms with van der Waals surface area (Å²) < 4.78 is 20.5. The Hall–Kier alpha value is -3.15. The lowest BCUT2D eigenvalue weighted by Gasteiger charge is -2.25. The van der Waals surface area contributed by atoms with Crippen LogP contribution in [0.25, 0.3) is 5.76 Å². The molecule has 0 saturated carbocycles. The van der Waals surface area contributed by atoms with Crippen molar-refractivity contribution in [3.63, 3.8) is 0 Å². The maximum absolute atomic E-state index is 14.8. The quantitative estimate of drug-likeness (QED) is 0.220. The third kappa shape index (κ3) is 4.95. The molecule has 1 aliphatic rings. The molecule has 1 N–H and O–H groups in total. The average Bonchev–Trinajstić information content (AvgIpc) is 3.04. The van der Waals surface area contributed by atoms with Gasteiger partial charge in [0.25, 0.3) is 11.7 Å². The van der Waals surface area contributed by atoms with Crippen LogP contribution in [0, 0.1) is 5.82 Å². The number of nitrogens with zero attached hydrogens (tertiary/aromatic N) is 1. The van der Waals surface area contributed by atoms with Gasteiger partial charge in [-0.05, 0) is 49.1 Å². The van der Waals surface area contributed by atoms with E-state index in [0.717, 1.165) is 18.4 Å². The molecule has 1 aliphatic heterocycles. The van der Waals surface area contributed by atoms with Crippen LogP contribution in [0.1, 0.15) is 75.6 Å². The molecule has 33 heavy (non-hydrogen) atoms. The van der Waals surface area contributed by atoms with Crippen molar-refractivity contribution in [3.8, 4) is 5.75 Å². The Morgan fingerprint density at radius 3 is 2.48 bits per heavy atom. The molecule has 6 heteroatoms. The highest BCUT2D eigenvalue weighted by Gasteiger charge is 2.46. The number of Topliss-reactive ketones (excluding diaryl/α,β-unsaturated/α-hetero) is 1. The molecule has 2 aromatic rings. The van der Waals surface area contributed by atoms with Gasteiger partial charge >= 0.3 is 0 Å². The second-order valence-electron chi connectivity index (χ2n) is 8.56. The van der Waals surface area contributed by atoms with Crippen molar-refractivity contribution in [2.45, 2.75) is 58.9 Å². The topological polar surface area (TPSA) is 66.8 Å². The number of hydrogen-bond acceptors (Lipinski definition) is 4. The number of amides is 1. The van der Waals surface area contributed by atoms with E-state index in [9.17, 15) is 19.1 Å². The normalized spacial score (nSPS) is 17.8. The van der Waals surface area contributed by atoms with Gasteiger partial charge in [0, 0.05) is 17.7 Å². The van der Waals surface area contributed by atoms with Gasteiger partial charge in [-0.15, -0.1) is 0 Å². The summed E-state index contributed by atoms with van der Waals surface area (Å²) in [5.41, 5.74) is 1.39. The van der Waals surface area contributed by atoms with Crippen LogP contribution in [0.3, 0.4) is 0 Å². The van der Waals surface area contributed by atoms with Crippen molar-refractivity contribution in [3.05, 3.63) is 70.5 Å². The summed E-state index contributed by atoms with van der Waals surface area (Å²) in [4.78, 5) is 27.4. The van der Waals surface area contributed by atoms with Crippen LogP contribution in [-0.4, -0.2) is 34.8 Å². The number of likely N-dealkylation sites (tertiary alicyclic amines) is 1. The number of aliphatic hydroxyl groups is 1. The second kappa shape index (κ2) is 10.6. The predicted octanol–water partition coefficient (Wildman–Crippen LogP) is 5.96. The van der Waals surface area contributed by atoms with Crippen molar-refractivity contribution < 1.29 is 23.8 Å². The van der Waals surface area contributed by atoms with Crippen molar-refractivity contribution in [1.82, 2.24) is 4.90 Å². The first-order chi connectivity index (χ1) is 15.8. The number of aliphatic hydroxyl groups excluding tert-OH is 1. The third-order valence-corrected chi connectivity index (χ3v) is 5.95. The van der Waals surface area contributed by atoms with Crippen LogP contribution >= 0.6 is 0 Å². The average molecular weight is 454 g/mol. The summed E-state index contributed by atoms with van der Waals surface area (Å²) in [6.45, 7) is 8.77. The number of benzene rings is 2. The molecule has 0 spiro atoms. The summed E-state index contributed by atoms with van der Waals surface area (Å²) in [6.07, 6.45) is 2.51. The highest BCUT2D eigenvalue weighted by Crippen LogP contribution is 2.41. The molecule has 0 aromatic heterocycles. The SMILES string of the molecule is CCCCCN1C(=O)C(=O)/C(=C(/O)c2ccc(OCC)c(C(C)C)c2)C1c1ccccc1F. The number of unbranched alkanes of at least 4 members (excludes halogenated alkanes) is 2. The van der Waals surface area contributed by atoms with E-state index in [0.29, 0.717) is 30.9 Å². The molecule has 0 radical (unpaired) electrons. The minimum atomic E-state index is -0.975. The molecule has 1 fully saturated rings. The van der Waals surface area contributed by atoms with Gasteiger partial charge in [-0.1, -0.05) is 51.8 Å². The summed E-state index contributed by atoms with van der Waals surface area (Å²) in [5.74, 6) is -1.52. The summed E-state index contributed by atoms with van der Waals surface area (Å²) >= 11 is 0. The third-order valence-electron chi connectivity index (χ3n) is 5.95. The molecule has 1 atom stereocenters. The predicted molar refractivity (Wildman–Crippen MR) is 127 cm³/mol. The number of hydrogen-bond donors (Lipinski definition) is 1. The lowest BCUT2D eigenvalue weighted by atomic mass is 9.93. The van der Waals surface area contributed by atoms with Crippen LogP contribution < -0.4 is 4.74 Å². The fourth-order valence-corrected chi connectivity index (χ4v) is 4.25. The maximum Gasteiger partial charge on any atom is 0.295 e. The Kier molecular flexibility index (Phi) is 7.90. The minimum Gasteiger partial charge on any atom is -0.507 e. The number of halogens is 1. The molecular weight excluding hydrogens is 421 g/mol. The van der Waals surface area contributed by atoms with Gasteiger partial charge in [-0.25, -0.2) is 4.39 Å². The van der Waals surface area contributed by atoms with Crippen LogP contribution in [0.2, 0.25) is 0 Å². The highest BCUT2D eigenvalue weighted by atomic mass is 19.1. The molecule has 5 nitrogen and oxygen atoms in total. The Labute approximate surface area is 194 Å². The highest BCUT2D eigenvalue weighted by molar-refractivity contribution is 6.46. The molecule has 176 valence electrons. The molecular formula is C27H32FNO4. The maximum atomic E-state index is 14.8. The minimum absolute atomic E-state index is 0.0829. The van der Waals surface area contributed by atoms with Crippen LogP contribution in [-0.2, 0) is 9.59 Å². The number of rotatable bonds is 9. The summed E-state index contributed by atoms with van der Waals surface area (Å²) in [7, 11) is 0. The molecule has 1 amide bonds. The van der Waals surface area contributed by atoms with Gasteiger partial charge in [0.05, 0.1) is 18.2 Å². The molecule has 2 aromatic carbocycles. The standard InChI is InChI=1S/C27H32FNO4/c1-5-7-10-15-29-24(19-11-8-9-12-21(19)28)23(26(31)27(29)32)25(30)18-13-14-22(33-6-2)20(16-18)17(3)4/h8-9,11-14,16-17,24,30H,5-7,10,15H2,1-4H3/b25-23+. The smallest absolute Gasteiger partial charge is 0.295 e. The van der Waals surface area contributed by atoms with Crippen molar-refractivity contribution in [2.24, 2.45) is 0 Å². The molecule has 3 rings (SSSR count). The second-order valence-corrected chi connectivity index (χ2v) is 8.56. The van der Waals surface area contributed by atoms with Crippen LogP contribution in [0.4, 0.5) is 4.39 Å². The number of ether oxygens (including phenoxy) is 1. The van der Waals surface area contributed by atoms with Gasteiger partial charge < -0.3 is 14.7 Å². The lowest BCUT2D eigenvalue weighted by molar-refractivity contribution is -0.139. The van der Waals surface area contributed by atoms with E-state index in [1.165, 1.54) is 11.0 Å². The Morgan fingerprint density at radius 2 is 1.85 bits per heavy atom. The fraction of sp³-hybridized carbons (Fsp3) is 0.407. The first-order valence-corrected chi connectivity index (χ1v) is 11.6. The van der Waals surface area contributed by atoms with E-state index in [4.69, 9.17) is 4.74 Å². The van der Waals surface area contributed by atoms with E-state index in [2.05, 4.69) is 0 Å². The first-order valence-electron chi connectivity index (χ1n) is 11.6. The van der Waals surface area contributed by atoms with Crippen LogP contribution in [0.15, 0.2) is 48.0 Å². The van der Waals surface area contributed by atoms with Crippen molar-refractivity contribution >= 4 is 17.4 Å². The van der Waals surface area contributed by atoms with Gasteiger partial charge in [0.15, 0.2) is 0 Å². The Balaban J connectivity index is 2.17. The molecule has 0 aliphatic carbocycles. The summed E-state index contributed by atoms with van der Waals surface area (Å²) in [5, 5.41) is 11.3. The number of ketones is 1. The van der Waals surface area contributed by atoms with E-state index in [1.807, 2.05) is 27.7 Å². The Bertz CT molecular complexity index is 1060. The number of carbonyl (C=O) groups is 2. The van der Waals surface area contributed by atoms with Gasteiger partial charge in [0.1, 0.15) is 17.3 Å². The zero-order valence-electron chi connectivity index (χ0n) is 19.7. The lowest BCUT2D eigenvalue weighted by Crippen LogP contribution is -2.31. The van der Waals surface area contributed by atoms with E-state index in [-0.39, 0.29) is 22.8 Å². The molecule has 1 heterocycles. The fourth-order valence-electron chi connectivity index (χ4n) is 4.25. The van der Waals surface area contributed by atoms with E-state index >= 15 is 0 Å². The van der Waals surface area contributed by atoms with Crippen molar-refractivity contribution in [1.29, 1.82) is 0 Å². The summed E-state index contributed by atoms with van der Waals surface area (Å²) in [6, 6.07) is 10.3. The Morgan fingerprint density at radius 1 is 1.12 bits per heavy atom. The van der Waals surface area contributed by atoms with E-state index in [1.54, 1.807) is 36.4 Å². The van der Waals surface area contributed by atoms with E-state index < -0.39 is 23.5 Å². The molecule has 1 saturated heterocycles. The van der Waals surface area contributed by atoms with Gasteiger partial charge in [-0.3, -0.25) is 9.59 Å². The number of carbonyl (C=O) groups excluding carboxylic acids is 2.